The first kappa shape index (κ1) is 14.0. The average molecular weight is 261 g/mol. The number of nitrogens with zero attached hydrogens (tertiary/aromatic N) is 1. The molecule has 0 saturated carbocycles. The number of carbonyl (C=O) groups is 1. The standard InChI is InChI=1S/C15H23N3O/c1-11(17)3-2-8-18-14-5-4-12(6-7-16)9-13(14)10-15(18)19/h4-5,9,11H,2-3,6-8,10,16-17H2,1H3. The number of nitrogens with two attached hydrogens (primary N) is 2. The first-order valence-corrected chi connectivity index (χ1v) is 6.99. The summed E-state index contributed by atoms with van der Waals surface area (Å²) in [6.07, 6.45) is 3.29. The van der Waals surface area contributed by atoms with E-state index in [0.29, 0.717) is 13.0 Å². The van der Waals surface area contributed by atoms with Crippen molar-refractivity contribution in [2.45, 2.75) is 38.6 Å². The van der Waals surface area contributed by atoms with Crippen molar-refractivity contribution in [2.24, 2.45) is 11.5 Å². The van der Waals surface area contributed by atoms with Gasteiger partial charge in [-0.1, -0.05) is 12.1 Å². The highest BCUT2D eigenvalue weighted by molar-refractivity contribution is 6.01. The molecule has 0 aromatic heterocycles. The Balaban J connectivity index is 2.06. The summed E-state index contributed by atoms with van der Waals surface area (Å²) in [5.41, 5.74) is 14.7. The zero-order chi connectivity index (χ0) is 13.8. The fourth-order valence-corrected chi connectivity index (χ4v) is 2.58. The maximum absolute atomic E-state index is 12.0. The number of fused-ring (bicyclic) bond motifs is 1. The molecule has 0 fully saturated rings. The van der Waals surface area contributed by atoms with Crippen molar-refractivity contribution < 1.29 is 4.79 Å². The van der Waals surface area contributed by atoms with Crippen LogP contribution < -0.4 is 16.4 Å². The zero-order valence-electron chi connectivity index (χ0n) is 11.6. The van der Waals surface area contributed by atoms with Crippen molar-refractivity contribution in [3.63, 3.8) is 0 Å². The van der Waals surface area contributed by atoms with E-state index >= 15 is 0 Å². The highest BCUT2D eigenvalue weighted by atomic mass is 16.2. The molecule has 0 spiro atoms. The highest BCUT2D eigenvalue weighted by Crippen LogP contribution is 2.30. The van der Waals surface area contributed by atoms with Gasteiger partial charge in [0.25, 0.3) is 0 Å². The molecule has 1 aliphatic rings. The van der Waals surface area contributed by atoms with Crippen molar-refractivity contribution in [3.8, 4) is 0 Å². The lowest BCUT2D eigenvalue weighted by molar-refractivity contribution is -0.117. The number of hydrogen-bond acceptors (Lipinski definition) is 3. The minimum absolute atomic E-state index is 0.198. The lowest BCUT2D eigenvalue weighted by atomic mass is 10.1. The largest absolute Gasteiger partial charge is 0.330 e. The lowest BCUT2D eigenvalue weighted by Gasteiger charge is -2.18. The van der Waals surface area contributed by atoms with Gasteiger partial charge in [-0.2, -0.15) is 0 Å². The van der Waals surface area contributed by atoms with Gasteiger partial charge in [0.05, 0.1) is 6.42 Å². The van der Waals surface area contributed by atoms with Gasteiger partial charge in [0.15, 0.2) is 0 Å². The maximum Gasteiger partial charge on any atom is 0.231 e. The molecule has 104 valence electrons. The average Bonchev–Trinajstić information content (AvgIpc) is 2.65. The predicted octanol–water partition coefficient (Wildman–Crippen LogP) is 1.20. The van der Waals surface area contributed by atoms with Crippen LogP contribution in [0.15, 0.2) is 18.2 Å². The molecule has 1 aliphatic heterocycles. The third-order valence-electron chi connectivity index (χ3n) is 3.55. The predicted molar refractivity (Wildman–Crippen MR) is 78.1 cm³/mol. The number of carbonyl (C=O) groups excluding carboxylic acids is 1. The first-order chi connectivity index (χ1) is 9.11. The summed E-state index contributed by atoms with van der Waals surface area (Å²) in [7, 11) is 0. The Morgan fingerprint density at radius 1 is 1.42 bits per heavy atom. The molecule has 1 aromatic carbocycles. The van der Waals surface area contributed by atoms with E-state index in [1.165, 1.54) is 5.56 Å². The normalized spacial score (nSPS) is 15.7. The summed E-state index contributed by atoms with van der Waals surface area (Å²) in [5, 5.41) is 0. The Labute approximate surface area is 114 Å². The van der Waals surface area contributed by atoms with Crippen LogP contribution in [0.2, 0.25) is 0 Å². The number of anilines is 1. The lowest BCUT2D eigenvalue weighted by Crippen LogP contribution is -2.29. The van der Waals surface area contributed by atoms with Gasteiger partial charge in [-0.15, -0.1) is 0 Å². The second-order valence-electron chi connectivity index (χ2n) is 5.34. The second-order valence-corrected chi connectivity index (χ2v) is 5.34. The summed E-state index contributed by atoms with van der Waals surface area (Å²) >= 11 is 0. The number of hydrogen-bond donors (Lipinski definition) is 2. The van der Waals surface area contributed by atoms with E-state index in [1.807, 2.05) is 11.8 Å². The SMILES string of the molecule is CC(N)CCCN1C(=O)Cc2cc(CCN)ccc21. The van der Waals surface area contributed by atoms with Crippen LogP contribution in [-0.2, 0) is 17.6 Å². The Morgan fingerprint density at radius 2 is 2.21 bits per heavy atom. The molecule has 19 heavy (non-hydrogen) atoms. The van der Waals surface area contributed by atoms with Crippen LogP contribution in [0.5, 0.6) is 0 Å². The summed E-state index contributed by atoms with van der Waals surface area (Å²) in [6, 6.07) is 6.44. The van der Waals surface area contributed by atoms with Crippen molar-refractivity contribution in [2.75, 3.05) is 18.0 Å². The van der Waals surface area contributed by atoms with Crippen LogP contribution in [-0.4, -0.2) is 25.0 Å². The zero-order valence-corrected chi connectivity index (χ0v) is 11.6. The summed E-state index contributed by atoms with van der Waals surface area (Å²) in [4.78, 5) is 13.9. The molecule has 1 heterocycles. The third-order valence-corrected chi connectivity index (χ3v) is 3.55. The van der Waals surface area contributed by atoms with Gasteiger partial charge in [0, 0.05) is 18.3 Å². The van der Waals surface area contributed by atoms with Gasteiger partial charge in [-0.25, -0.2) is 0 Å². The molecule has 0 radical (unpaired) electrons. The molecule has 4 N–H and O–H groups in total. The molecular formula is C15H23N3O. The topological polar surface area (TPSA) is 72.3 Å². The Hall–Kier alpha value is -1.39. The van der Waals surface area contributed by atoms with E-state index in [-0.39, 0.29) is 11.9 Å². The fraction of sp³-hybridized carbons (Fsp3) is 0.533. The Bertz CT molecular complexity index is 457. The van der Waals surface area contributed by atoms with Crippen molar-refractivity contribution in [1.29, 1.82) is 0 Å². The van der Waals surface area contributed by atoms with Crippen molar-refractivity contribution in [3.05, 3.63) is 29.3 Å². The van der Waals surface area contributed by atoms with Crippen LogP contribution in [0, 0.1) is 0 Å². The van der Waals surface area contributed by atoms with Crippen LogP contribution in [0.3, 0.4) is 0 Å². The van der Waals surface area contributed by atoms with E-state index in [1.54, 1.807) is 0 Å². The number of amides is 1. The van der Waals surface area contributed by atoms with E-state index in [2.05, 4.69) is 18.2 Å². The summed E-state index contributed by atoms with van der Waals surface area (Å²) in [5.74, 6) is 0.199. The minimum atomic E-state index is 0.198. The highest BCUT2D eigenvalue weighted by Gasteiger charge is 2.26. The molecule has 0 saturated heterocycles. The summed E-state index contributed by atoms with van der Waals surface area (Å²) < 4.78 is 0. The first-order valence-electron chi connectivity index (χ1n) is 6.99. The number of rotatable bonds is 6. The number of benzene rings is 1. The van der Waals surface area contributed by atoms with Crippen LogP contribution in [0.4, 0.5) is 5.69 Å². The molecular weight excluding hydrogens is 238 g/mol. The molecule has 1 unspecified atom stereocenters. The van der Waals surface area contributed by atoms with Crippen LogP contribution in [0.25, 0.3) is 0 Å². The molecule has 1 amide bonds. The van der Waals surface area contributed by atoms with E-state index < -0.39 is 0 Å². The van der Waals surface area contributed by atoms with Gasteiger partial charge in [-0.05, 0) is 49.9 Å². The van der Waals surface area contributed by atoms with Gasteiger partial charge >= 0.3 is 0 Å². The monoisotopic (exact) mass is 261 g/mol. The van der Waals surface area contributed by atoms with Gasteiger partial charge < -0.3 is 16.4 Å². The van der Waals surface area contributed by atoms with E-state index in [9.17, 15) is 4.79 Å². The summed E-state index contributed by atoms with van der Waals surface area (Å²) in [6.45, 7) is 3.41. The Kier molecular flexibility index (Phi) is 4.56. The van der Waals surface area contributed by atoms with Gasteiger partial charge in [-0.3, -0.25) is 4.79 Å². The Morgan fingerprint density at radius 3 is 2.89 bits per heavy atom. The second kappa shape index (κ2) is 6.17. The smallest absolute Gasteiger partial charge is 0.231 e. The molecule has 4 nitrogen and oxygen atoms in total. The minimum Gasteiger partial charge on any atom is -0.330 e. The third kappa shape index (κ3) is 3.33. The maximum atomic E-state index is 12.0. The van der Waals surface area contributed by atoms with Crippen LogP contribution in [0.1, 0.15) is 30.9 Å². The van der Waals surface area contributed by atoms with Crippen LogP contribution >= 0.6 is 0 Å². The van der Waals surface area contributed by atoms with Gasteiger partial charge in [0.1, 0.15) is 0 Å². The van der Waals surface area contributed by atoms with E-state index in [4.69, 9.17) is 11.5 Å². The molecule has 2 rings (SSSR count). The fourth-order valence-electron chi connectivity index (χ4n) is 2.58. The van der Waals surface area contributed by atoms with Crippen molar-refractivity contribution >= 4 is 11.6 Å². The van der Waals surface area contributed by atoms with Gasteiger partial charge in [0.2, 0.25) is 5.91 Å². The molecule has 4 heteroatoms. The van der Waals surface area contributed by atoms with Crippen molar-refractivity contribution in [1.82, 2.24) is 0 Å². The molecule has 0 aliphatic carbocycles. The molecule has 0 bridgehead atoms. The quantitative estimate of drug-likeness (QED) is 0.808. The molecule has 1 aromatic rings. The van der Waals surface area contributed by atoms with E-state index in [0.717, 1.165) is 37.1 Å². The molecule has 1 atom stereocenters.